The Kier molecular flexibility index (Phi) is 5.09. The van der Waals surface area contributed by atoms with Crippen LogP contribution in [0.25, 0.3) is 0 Å². The number of nitrogens with zero attached hydrogens (tertiary/aromatic N) is 2. The Labute approximate surface area is 157 Å². The molecule has 26 heavy (non-hydrogen) atoms. The predicted molar refractivity (Wildman–Crippen MR) is 106 cm³/mol. The minimum Gasteiger partial charge on any atom is -0.300 e. The maximum atomic E-state index is 10.5. The van der Waals surface area contributed by atoms with Crippen LogP contribution in [0.2, 0.25) is 0 Å². The third-order valence-electron chi connectivity index (χ3n) is 6.56. The van der Waals surface area contributed by atoms with Gasteiger partial charge in [-0.05, 0) is 42.9 Å². The average Bonchev–Trinajstić information content (AvgIpc) is 3.22. The van der Waals surface area contributed by atoms with Gasteiger partial charge in [0.15, 0.2) is 0 Å². The van der Waals surface area contributed by atoms with Crippen molar-refractivity contribution in [1.29, 1.82) is 5.26 Å². The lowest BCUT2D eigenvalue weighted by molar-refractivity contribution is 0.180. The van der Waals surface area contributed by atoms with Crippen molar-refractivity contribution in [2.75, 3.05) is 13.1 Å². The van der Waals surface area contributed by atoms with Crippen LogP contribution < -0.4 is 0 Å². The van der Waals surface area contributed by atoms with Gasteiger partial charge in [0.25, 0.3) is 0 Å². The van der Waals surface area contributed by atoms with Crippen LogP contribution >= 0.6 is 0 Å². The fourth-order valence-corrected chi connectivity index (χ4v) is 5.18. The van der Waals surface area contributed by atoms with Gasteiger partial charge in [0.1, 0.15) is 5.41 Å². The highest BCUT2D eigenvalue weighted by molar-refractivity contribution is 5.47. The smallest absolute Gasteiger partial charge is 0.111 e. The lowest BCUT2D eigenvalue weighted by atomic mass is 9.66. The molecule has 2 heteroatoms. The molecule has 2 aromatic rings. The summed E-state index contributed by atoms with van der Waals surface area (Å²) < 4.78 is 0. The average molecular weight is 345 g/mol. The second-order valence-electron chi connectivity index (χ2n) is 7.92. The second kappa shape index (κ2) is 7.64. The molecule has 0 amide bonds. The summed E-state index contributed by atoms with van der Waals surface area (Å²) in [7, 11) is 0. The van der Waals surface area contributed by atoms with Crippen LogP contribution in [0.3, 0.4) is 0 Å². The number of rotatable bonds is 4. The summed E-state index contributed by atoms with van der Waals surface area (Å²) in [6.07, 6.45) is 7.91. The molecule has 0 radical (unpaired) electrons. The Morgan fingerprint density at radius 1 is 0.808 bits per heavy atom. The van der Waals surface area contributed by atoms with Gasteiger partial charge in [-0.1, -0.05) is 79.9 Å². The topological polar surface area (TPSA) is 27.0 Å². The van der Waals surface area contributed by atoms with Crippen LogP contribution in [0.5, 0.6) is 0 Å². The van der Waals surface area contributed by atoms with Gasteiger partial charge in [-0.25, -0.2) is 0 Å². The van der Waals surface area contributed by atoms with E-state index in [9.17, 15) is 5.26 Å². The fourth-order valence-electron chi connectivity index (χ4n) is 5.18. The van der Waals surface area contributed by atoms with Crippen molar-refractivity contribution < 1.29 is 0 Å². The van der Waals surface area contributed by atoms with E-state index in [0.717, 1.165) is 36.7 Å². The first-order valence-electron chi connectivity index (χ1n) is 10.1. The molecule has 0 spiro atoms. The summed E-state index contributed by atoms with van der Waals surface area (Å²) >= 11 is 0. The molecule has 2 fully saturated rings. The first kappa shape index (κ1) is 17.3. The first-order valence-corrected chi connectivity index (χ1v) is 10.1. The first-order chi connectivity index (χ1) is 12.8. The van der Waals surface area contributed by atoms with E-state index in [0.29, 0.717) is 5.92 Å². The molecule has 0 N–H and O–H groups in total. The van der Waals surface area contributed by atoms with Crippen molar-refractivity contribution in [3.8, 4) is 6.07 Å². The SMILES string of the molecule is N#CC(c1ccccc1)(c1ccccc1)C1CCN(C2CCCCC2)C1. The number of benzene rings is 2. The van der Waals surface area contributed by atoms with Crippen LogP contribution in [0, 0.1) is 17.2 Å². The van der Waals surface area contributed by atoms with Crippen LogP contribution in [0.4, 0.5) is 0 Å². The Balaban J connectivity index is 1.69. The molecule has 1 saturated carbocycles. The maximum Gasteiger partial charge on any atom is 0.111 e. The van der Waals surface area contributed by atoms with Gasteiger partial charge < -0.3 is 4.90 Å². The van der Waals surface area contributed by atoms with E-state index in [2.05, 4.69) is 59.5 Å². The molecular weight excluding hydrogens is 316 g/mol. The van der Waals surface area contributed by atoms with E-state index in [-0.39, 0.29) is 0 Å². The normalized spacial score (nSPS) is 22.2. The van der Waals surface area contributed by atoms with Gasteiger partial charge in [-0.15, -0.1) is 0 Å². The van der Waals surface area contributed by atoms with E-state index < -0.39 is 5.41 Å². The zero-order valence-electron chi connectivity index (χ0n) is 15.5. The van der Waals surface area contributed by atoms with Crippen molar-refractivity contribution in [2.24, 2.45) is 5.92 Å². The Morgan fingerprint density at radius 2 is 1.38 bits per heavy atom. The standard InChI is InChI=1S/C24H28N2/c25-19-24(20-10-4-1-5-11-20,21-12-6-2-7-13-21)22-16-17-26(18-22)23-14-8-3-9-15-23/h1-2,4-7,10-13,22-23H,3,8-9,14-18H2. The zero-order chi connectivity index (χ0) is 17.8. The summed E-state index contributed by atoms with van der Waals surface area (Å²) in [6.45, 7) is 2.18. The van der Waals surface area contributed by atoms with Crippen molar-refractivity contribution >= 4 is 0 Å². The highest BCUT2D eigenvalue weighted by Gasteiger charge is 2.46. The lowest BCUT2D eigenvalue weighted by Gasteiger charge is -2.36. The molecule has 1 atom stereocenters. The van der Waals surface area contributed by atoms with Crippen LogP contribution in [-0.2, 0) is 5.41 Å². The van der Waals surface area contributed by atoms with E-state index >= 15 is 0 Å². The molecule has 4 rings (SSSR count). The number of hydrogen-bond donors (Lipinski definition) is 0. The van der Waals surface area contributed by atoms with E-state index in [4.69, 9.17) is 0 Å². The molecule has 0 bridgehead atoms. The Morgan fingerprint density at radius 3 is 1.92 bits per heavy atom. The third kappa shape index (κ3) is 3.06. The van der Waals surface area contributed by atoms with Gasteiger partial charge in [0.05, 0.1) is 6.07 Å². The van der Waals surface area contributed by atoms with Gasteiger partial charge >= 0.3 is 0 Å². The third-order valence-corrected chi connectivity index (χ3v) is 6.56. The number of hydrogen-bond acceptors (Lipinski definition) is 2. The zero-order valence-corrected chi connectivity index (χ0v) is 15.5. The minimum absolute atomic E-state index is 0.347. The molecule has 1 saturated heterocycles. The summed E-state index contributed by atoms with van der Waals surface area (Å²) in [4.78, 5) is 2.68. The summed E-state index contributed by atoms with van der Waals surface area (Å²) in [5.74, 6) is 0.347. The molecule has 1 heterocycles. The molecule has 2 aromatic carbocycles. The van der Waals surface area contributed by atoms with Gasteiger partial charge in [-0.2, -0.15) is 5.26 Å². The molecule has 2 aliphatic rings. The monoisotopic (exact) mass is 344 g/mol. The largest absolute Gasteiger partial charge is 0.300 e. The van der Waals surface area contributed by atoms with Crippen molar-refractivity contribution in [1.82, 2.24) is 4.90 Å². The van der Waals surface area contributed by atoms with Gasteiger partial charge in [-0.3, -0.25) is 0 Å². The van der Waals surface area contributed by atoms with Crippen LogP contribution in [-0.4, -0.2) is 24.0 Å². The predicted octanol–water partition coefficient (Wildman–Crippen LogP) is 5.15. The van der Waals surface area contributed by atoms with Crippen LogP contribution in [0.15, 0.2) is 60.7 Å². The van der Waals surface area contributed by atoms with Crippen LogP contribution in [0.1, 0.15) is 49.7 Å². The fraction of sp³-hybridized carbons (Fsp3) is 0.458. The summed E-state index contributed by atoms with van der Waals surface area (Å²) in [5.41, 5.74) is 1.74. The maximum absolute atomic E-state index is 10.5. The van der Waals surface area contributed by atoms with Gasteiger partial charge in [0, 0.05) is 12.6 Å². The Hall–Kier alpha value is -2.11. The molecule has 1 unspecified atom stereocenters. The summed E-state index contributed by atoms with van der Waals surface area (Å²) in [6, 6.07) is 24.4. The second-order valence-corrected chi connectivity index (χ2v) is 7.92. The van der Waals surface area contributed by atoms with Crippen molar-refractivity contribution in [3.05, 3.63) is 71.8 Å². The minimum atomic E-state index is -0.550. The van der Waals surface area contributed by atoms with Crippen molar-refractivity contribution in [3.63, 3.8) is 0 Å². The molecular formula is C24H28N2. The number of nitriles is 1. The highest BCUT2D eigenvalue weighted by Crippen LogP contribution is 2.44. The molecule has 1 aliphatic carbocycles. The summed E-state index contributed by atoms with van der Waals surface area (Å²) in [5, 5.41) is 10.5. The molecule has 0 aromatic heterocycles. The van der Waals surface area contributed by atoms with E-state index in [1.165, 1.54) is 32.1 Å². The Bertz CT molecular complexity index is 701. The lowest BCUT2D eigenvalue weighted by Crippen LogP contribution is -2.40. The quantitative estimate of drug-likeness (QED) is 0.767. The highest BCUT2D eigenvalue weighted by atomic mass is 15.2. The van der Waals surface area contributed by atoms with Crippen molar-refractivity contribution in [2.45, 2.75) is 50.0 Å². The molecule has 2 nitrogen and oxygen atoms in total. The molecule has 1 aliphatic heterocycles. The number of likely N-dealkylation sites (tertiary alicyclic amines) is 1. The van der Waals surface area contributed by atoms with E-state index in [1.807, 2.05) is 12.1 Å². The van der Waals surface area contributed by atoms with Gasteiger partial charge in [0.2, 0.25) is 0 Å². The van der Waals surface area contributed by atoms with E-state index in [1.54, 1.807) is 0 Å². The molecule has 134 valence electrons.